The van der Waals surface area contributed by atoms with E-state index in [1.165, 1.54) is 0 Å². The van der Waals surface area contributed by atoms with E-state index in [-0.39, 0.29) is 0 Å². The van der Waals surface area contributed by atoms with Crippen molar-refractivity contribution in [3.8, 4) is 0 Å². The van der Waals surface area contributed by atoms with Crippen molar-refractivity contribution in [3.05, 3.63) is 0 Å². The Kier molecular flexibility index (Phi) is 9.29. The highest BCUT2D eigenvalue weighted by atomic mass is 16.5. The van der Waals surface area contributed by atoms with E-state index in [4.69, 9.17) is 9.47 Å². The number of nitrogens with zero attached hydrogens (tertiary/aromatic N) is 1. The van der Waals surface area contributed by atoms with Crippen LogP contribution in [0.1, 0.15) is 6.92 Å². The van der Waals surface area contributed by atoms with Crippen LogP contribution in [0.5, 0.6) is 0 Å². The molecule has 4 nitrogen and oxygen atoms in total. The second kappa shape index (κ2) is 9.40. The third kappa shape index (κ3) is 8.44. The standard InChI is InChI=1S/C10H24N2O2/c1-10(12(2)3)9-11-5-6-14-8-7-13-4/h10-11H,5-9H2,1-4H3. The van der Waals surface area contributed by atoms with E-state index in [1.807, 2.05) is 0 Å². The highest BCUT2D eigenvalue weighted by molar-refractivity contribution is 4.62. The first-order valence-electron chi connectivity index (χ1n) is 5.12. The molecule has 1 atom stereocenters. The molecule has 0 saturated carbocycles. The van der Waals surface area contributed by atoms with Crippen molar-refractivity contribution >= 4 is 0 Å². The van der Waals surface area contributed by atoms with Gasteiger partial charge in [0.25, 0.3) is 0 Å². The maximum absolute atomic E-state index is 5.32. The first kappa shape index (κ1) is 13.8. The number of nitrogens with one attached hydrogen (secondary N) is 1. The van der Waals surface area contributed by atoms with E-state index < -0.39 is 0 Å². The molecule has 0 rings (SSSR count). The van der Waals surface area contributed by atoms with Gasteiger partial charge in [-0.25, -0.2) is 0 Å². The highest BCUT2D eigenvalue weighted by Gasteiger charge is 2.02. The molecule has 0 bridgehead atoms. The smallest absolute Gasteiger partial charge is 0.0700 e. The van der Waals surface area contributed by atoms with E-state index in [0.29, 0.717) is 19.3 Å². The number of hydrogen-bond donors (Lipinski definition) is 1. The summed E-state index contributed by atoms with van der Waals surface area (Å²) in [4.78, 5) is 2.19. The average Bonchev–Trinajstić information content (AvgIpc) is 2.16. The van der Waals surface area contributed by atoms with Gasteiger partial charge >= 0.3 is 0 Å². The summed E-state index contributed by atoms with van der Waals surface area (Å²) in [5.41, 5.74) is 0. The van der Waals surface area contributed by atoms with E-state index in [1.54, 1.807) is 7.11 Å². The lowest BCUT2D eigenvalue weighted by molar-refractivity contribution is 0.0715. The van der Waals surface area contributed by atoms with E-state index in [0.717, 1.165) is 19.7 Å². The molecule has 0 spiro atoms. The Balaban J connectivity index is 3.06. The summed E-state index contributed by atoms with van der Waals surface area (Å²) in [5.74, 6) is 0. The van der Waals surface area contributed by atoms with Crippen LogP contribution >= 0.6 is 0 Å². The molecule has 0 saturated heterocycles. The van der Waals surface area contributed by atoms with Gasteiger partial charge in [0.2, 0.25) is 0 Å². The Morgan fingerprint density at radius 1 is 1.21 bits per heavy atom. The minimum atomic E-state index is 0.564. The van der Waals surface area contributed by atoms with E-state index >= 15 is 0 Å². The average molecular weight is 204 g/mol. The largest absolute Gasteiger partial charge is 0.382 e. The molecule has 0 aliphatic heterocycles. The van der Waals surface area contributed by atoms with Crippen molar-refractivity contribution < 1.29 is 9.47 Å². The lowest BCUT2D eigenvalue weighted by atomic mass is 10.3. The molecule has 86 valence electrons. The lowest BCUT2D eigenvalue weighted by Gasteiger charge is -2.19. The molecule has 0 aliphatic carbocycles. The van der Waals surface area contributed by atoms with Gasteiger partial charge in [-0.15, -0.1) is 0 Å². The molecule has 1 unspecified atom stereocenters. The minimum Gasteiger partial charge on any atom is -0.382 e. The molecular formula is C10H24N2O2. The van der Waals surface area contributed by atoms with Gasteiger partial charge in [-0.2, -0.15) is 0 Å². The summed E-state index contributed by atoms with van der Waals surface area (Å²) in [6.07, 6.45) is 0. The number of rotatable bonds is 9. The quantitative estimate of drug-likeness (QED) is 0.544. The first-order valence-corrected chi connectivity index (χ1v) is 5.12. The molecule has 4 heteroatoms. The van der Waals surface area contributed by atoms with Crippen molar-refractivity contribution in [2.75, 3.05) is 54.1 Å². The topological polar surface area (TPSA) is 33.7 Å². The van der Waals surface area contributed by atoms with E-state index in [9.17, 15) is 0 Å². The maximum atomic E-state index is 5.32. The Hall–Kier alpha value is -0.160. The Labute approximate surface area is 87.6 Å². The second-order valence-corrected chi connectivity index (χ2v) is 3.62. The van der Waals surface area contributed by atoms with Crippen LogP contribution in [0.2, 0.25) is 0 Å². The summed E-state index contributed by atoms with van der Waals surface area (Å²) in [6.45, 7) is 6.21. The second-order valence-electron chi connectivity index (χ2n) is 3.62. The summed E-state index contributed by atoms with van der Waals surface area (Å²) >= 11 is 0. The monoisotopic (exact) mass is 204 g/mol. The fraction of sp³-hybridized carbons (Fsp3) is 1.00. The van der Waals surface area contributed by atoms with Crippen LogP contribution in [0, 0.1) is 0 Å². The third-order valence-electron chi connectivity index (χ3n) is 2.18. The van der Waals surface area contributed by atoms with Crippen molar-refractivity contribution in [2.45, 2.75) is 13.0 Å². The predicted octanol–water partition coefficient (Wildman–Crippen LogP) is 0.189. The van der Waals surface area contributed by atoms with Gasteiger partial charge in [0.1, 0.15) is 0 Å². The van der Waals surface area contributed by atoms with Gasteiger partial charge in [0, 0.05) is 26.2 Å². The van der Waals surface area contributed by atoms with Gasteiger partial charge in [0.05, 0.1) is 19.8 Å². The molecule has 1 N–H and O–H groups in total. The van der Waals surface area contributed by atoms with Crippen LogP contribution < -0.4 is 5.32 Å². The summed E-state index contributed by atoms with van der Waals surface area (Å²) in [5, 5.41) is 3.34. The van der Waals surface area contributed by atoms with Crippen LogP contribution in [0.3, 0.4) is 0 Å². The maximum Gasteiger partial charge on any atom is 0.0700 e. The zero-order valence-corrected chi connectivity index (χ0v) is 9.88. The van der Waals surface area contributed by atoms with Crippen LogP contribution in [-0.2, 0) is 9.47 Å². The number of ether oxygens (including phenoxy) is 2. The number of methoxy groups -OCH3 is 1. The molecule has 0 aromatic carbocycles. The predicted molar refractivity (Wildman–Crippen MR) is 58.7 cm³/mol. The Morgan fingerprint density at radius 2 is 1.93 bits per heavy atom. The molecule has 0 aliphatic rings. The fourth-order valence-corrected chi connectivity index (χ4v) is 0.882. The van der Waals surface area contributed by atoms with Crippen LogP contribution in [0.4, 0.5) is 0 Å². The fourth-order valence-electron chi connectivity index (χ4n) is 0.882. The summed E-state index contributed by atoms with van der Waals surface area (Å²) in [7, 11) is 5.85. The number of hydrogen-bond acceptors (Lipinski definition) is 4. The minimum absolute atomic E-state index is 0.564. The zero-order chi connectivity index (χ0) is 10.8. The van der Waals surface area contributed by atoms with Gasteiger partial charge < -0.3 is 19.7 Å². The van der Waals surface area contributed by atoms with Crippen molar-refractivity contribution in [1.82, 2.24) is 10.2 Å². The Morgan fingerprint density at radius 3 is 2.50 bits per heavy atom. The van der Waals surface area contributed by atoms with Crippen LogP contribution in [0.25, 0.3) is 0 Å². The summed E-state index contributed by atoms with van der Waals surface area (Å²) < 4.78 is 10.2. The van der Waals surface area contributed by atoms with Gasteiger partial charge in [-0.1, -0.05) is 0 Å². The molecule has 0 aromatic rings. The van der Waals surface area contributed by atoms with Gasteiger partial charge in [-0.3, -0.25) is 0 Å². The SMILES string of the molecule is COCCOCCNCC(C)N(C)C. The molecule has 0 amide bonds. The van der Waals surface area contributed by atoms with E-state index in [2.05, 4.69) is 31.2 Å². The first-order chi connectivity index (χ1) is 6.68. The van der Waals surface area contributed by atoms with Gasteiger partial charge in [0.15, 0.2) is 0 Å². The molecular weight excluding hydrogens is 180 g/mol. The molecule has 0 aromatic heterocycles. The lowest BCUT2D eigenvalue weighted by Crippen LogP contribution is -2.36. The van der Waals surface area contributed by atoms with Crippen molar-refractivity contribution in [3.63, 3.8) is 0 Å². The zero-order valence-electron chi connectivity index (χ0n) is 9.88. The number of likely N-dealkylation sites (N-methyl/N-ethyl adjacent to an activating group) is 1. The van der Waals surface area contributed by atoms with Crippen molar-refractivity contribution in [2.24, 2.45) is 0 Å². The van der Waals surface area contributed by atoms with Crippen LogP contribution in [-0.4, -0.2) is 65.1 Å². The third-order valence-corrected chi connectivity index (χ3v) is 2.18. The molecule has 0 radical (unpaired) electrons. The normalized spacial score (nSPS) is 13.5. The van der Waals surface area contributed by atoms with Crippen molar-refractivity contribution in [1.29, 1.82) is 0 Å². The Bertz CT molecular complexity index is 121. The van der Waals surface area contributed by atoms with Gasteiger partial charge in [-0.05, 0) is 21.0 Å². The summed E-state index contributed by atoms with van der Waals surface area (Å²) in [6, 6.07) is 0.564. The van der Waals surface area contributed by atoms with Crippen LogP contribution in [0.15, 0.2) is 0 Å². The molecule has 14 heavy (non-hydrogen) atoms. The molecule has 0 heterocycles. The highest BCUT2D eigenvalue weighted by Crippen LogP contribution is 1.87. The molecule has 0 fully saturated rings.